The van der Waals surface area contributed by atoms with E-state index in [0.29, 0.717) is 11.3 Å². The minimum atomic E-state index is -0.552. The van der Waals surface area contributed by atoms with Crippen molar-refractivity contribution >= 4 is 5.97 Å². The van der Waals surface area contributed by atoms with Gasteiger partial charge in [-0.1, -0.05) is 25.5 Å². The minimum Gasteiger partial charge on any atom is -0.481 e. The van der Waals surface area contributed by atoms with Crippen molar-refractivity contribution in [3.8, 4) is 0 Å². The molecule has 0 saturated heterocycles. The first-order chi connectivity index (χ1) is 10.6. The molecule has 0 spiro atoms. The van der Waals surface area contributed by atoms with Gasteiger partial charge in [-0.3, -0.25) is 4.79 Å². The van der Waals surface area contributed by atoms with Crippen LogP contribution in [0.2, 0.25) is 0 Å². The van der Waals surface area contributed by atoms with Crippen LogP contribution in [0.4, 0.5) is 0 Å². The van der Waals surface area contributed by atoms with Gasteiger partial charge in [-0.25, -0.2) is 0 Å². The lowest BCUT2D eigenvalue weighted by molar-refractivity contribution is -0.143. The Kier molecular flexibility index (Phi) is 2.59. The Morgan fingerprint density at radius 2 is 2.05 bits per heavy atom. The molecular formula is C20H28O2. The third kappa shape index (κ3) is 1.37. The maximum Gasteiger partial charge on any atom is 0.307 e. The predicted octanol–water partition coefficient (Wildman–Crippen LogP) is 4.51. The monoisotopic (exact) mass is 300 g/mol. The molecule has 0 radical (unpaired) electrons. The van der Waals surface area contributed by atoms with E-state index in [1.54, 1.807) is 0 Å². The third-order valence-corrected chi connectivity index (χ3v) is 8.94. The molecule has 5 rings (SSSR count). The Bertz CT molecular complexity index is 552. The normalized spacial score (nSPS) is 57.7. The molecule has 0 heterocycles. The fraction of sp³-hybridized carbons (Fsp3) is 0.850. The summed E-state index contributed by atoms with van der Waals surface area (Å²) in [4.78, 5) is 11.6. The van der Waals surface area contributed by atoms with Crippen LogP contribution >= 0.6 is 0 Å². The first kappa shape index (κ1) is 13.6. The lowest BCUT2D eigenvalue weighted by atomic mass is 9.51. The van der Waals surface area contributed by atoms with E-state index in [9.17, 15) is 9.90 Å². The highest BCUT2D eigenvalue weighted by atomic mass is 16.4. The Morgan fingerprint density at radius 1 is 1.23 bits per heavy atom. The standard InChI is InChI=1S/C20H28O2/c1-2-20(10-13-8-17(20)15-5-3-4-14(13)15)19-7-6-12(9-19)16(11-19)18(21)22/h6-7,12-17H,2-5,8-11H2,1H3,(H,21,22). The van der Waals surface area contributed by atoms with Crippen molar-refractivity contribution in [1.29, 1.82) is 0 Å². The second-order valence-corrected chi connectivity index (χ2v) is 9.11. The van der Waals surface area contributed by atoms with E-state index in [0.717, 1.165) is 36.5 Å². The summed E-state index contributed by atoms with van der Waals surface area (Å²) in [5.74, 6) is 3.52. The van der Waals surface area contributed by atoms with E-state index < -0.39 is 5.97 Å². The Hall–Kier alpha value is -0.790. The minimum absolute atomic E-state index is 0.105. The summed E-state index contributed by atoms with van der Waals surface area (Å²) in [6.07, 6.45) is 15.3. The van der Waals surface area contributed by atoms with Crippen LogP contribution in [0, 0.1) is 46.3 Å². The van der Waals surface area contributed by atoms with Gasteiger partial charge in [0.15, 0.2) is 0 Å². The number of rotatable bonds is 3. The molecule has 5 aliphatic rings. The van der Waals surface area contributed by atoms with Crippen LogP contribution in [0.25, 0.3) is 0 Å². The van der Waals surface area contributed by atoms with Crippen LogP contribution in [-0.4, -0.2) is 11.1 Å². The zero-order valence-electron chi connectivity index (χ0n) is 13.6. The summed E-state index contributed by atoms with van der Waals surface area (Å²) in [5.41, 5.74) is 0.654. The van der Waals surface area contributed by atoms with Crippen molar-refractivity contribution in [2.24, 2.45) is 46.3 Å². The zero-order chi connectivity index (χ0) is 15.1. The van der Waals surface area contributed by atoms with Crippen molar-refractivity contribution in [3.05, 3.63) is 12.2 Å². The molecule has 5 aliphatic carbocycles. The smallest absolute Gasteiger partial charge is 0.307 e. The van der Waals surface area contributed by atoms with Crippen LogP contribution in [-0.2, 0) is 4.79 Å². The van der Waals surface area contributed by atoms with Crippen molar-refractivity contribution in [2.75, 3.05) is 0 Å². The topological polar surface area (TPSA) is 37.3 Å². The van der Waals surface area contributed by atoms with Gasteiger partial charge in [0.05, 0.1) is 5.92 Å². The number of fused-ring (bicyclic) bond motifs is 7. The molecule has 8 unspecified atom stereocenters. The van der Waals surface area contributed by atoms with Crippen molar-refractivity contribution in [3.63, 3.8) is 0 Å². The molecular weight excluding hydrogens is 272 g/mol. The van der Waals surface area contributed by atoms with Gasteiger partial charge in [-0.2, -0.15) is 0 Å². The summed E-state index contributed by atoms with van der Waals surface area (Å²) in [6, 6.07) is 0. The fourth-order valence-electron chi connectivity index (χ4n) is 8.28. The van der Waals surface area contributed by atoms with Crippen LogP contribution in [0.3, 0.4) is 0 Å². The van der Waals surface area contributed by atoms with Crippen LogP contribution < -0.4 is 0 Å². The molecule has 1 N–H and O–H groups in total. The fourth-order valence-corrected chi connectivity index (χ4v) is 8.28. The van der Waals surface area contributed by atoms with Crippen molar-refractivity contribution < 1.29 is 9.90 Å². The SMILES string of the molecule is CCC1(C23C=CC(C2)C(C(=O)O)C3)CC2CC1C1CCCC21. The summed E-state index contributed by atoms with van der Waals surface area (Å²) in [5, 5.41) is 9.60. The number of hydrogen-bond donors (Lipinski definition) is 1. The van der Waals surface area contributed by atoms with Gasteiger partial charge in [0, 0.05) is 0 Å². The van der Waals surface area contributed by atoms with E-state index in [1.807, 2.05) is 0 Å². The highest BCUT2D eigenvalue weighted by Gasteiger charge is 2.69. The van der Waals surface area contributed by atoms with Crippen molar-refractivity contribution in [2.45, 2.75) is 58.3 Å². The zero-order valence-corrected chi connectivity index (χ0v) is 13.6. The largest absolute Gasteiger partial charge is 0.481 e. The Labute approximate surface area is 133 Å². The summed E-state index contributed by atoms with van der Waals surface area (Å²) in [7, 11) is 0. The van der Waals surface area contributed by atoms with Crippen LogP contribution in [0.5, 0.6) is 0 Å². The average Bonchev–Trinajstić information content (AvgIpc) is 3.27. The molecule has 8 atom stereocenters. The molecule has 120 valence electrons. The van der Waals surface area contributed by atoms with Gasteiger partial charge in [0.1, 0.15) is 0 Å². The van der Waals surface area contributed by atoms with E-state index in [2.05, 4.69) is 19.1 Å². The average molecular weight is 300 g/mol. The third-order valence-electron chi connectivity index (χ3n) is 8.94. The van der Waals surface area contributed by atoms with Crippen LogP contribution in [0.1, 0.15) is 58.3 Å². The molecule has 4 saturated carbocycles. The van der Waals surface area contributed by atoms with E-state index in [-0.39, 0.29) is 11.3 Å². The lowest BCUT2D eigenvalue weighted by Crippen LogP contribution is -2.46. The highest BCUT2D eigenvalue weighted by molar-refractivity contribution is 5.72. The van der Waals surface area contributed by atoms with E-state index in [4.69, 9.17) is 0 Å². The predicted molar refractivity (Wildman–Crippen MR) is 85.2 cm³/mol. The second-order valence-electron chi connectivity index (χ2n) is 9.11. The number of allylic oxidation sites excluding steroid dienone is 2. The molecule has 4 fully saturated rings. The quantitative estimate of drug-likeness (QED) is 0.779. The molecule has 2 nitrogen and oxygen atoms in total. The second kappa shape index (κ2) is 4.19. The van der Waals surface area contributed by atoms with Crippen molar-refractivity contribution in [1.82, 2.24) is 0 Å². The molecule has 0 amide bonds. The van der Waals surface area contributed by atoms with Gasteiger partial charge in [0.25, 0.3) is 0 Å². The Morgan fingerprint density at radius 3 is 2.77 bits per heavy atom. The number of aliphatic carboxylic acids is 1. The highest BCUT2D eigenvalue weighted by Crippen LogP contribution is 2.76. The van der Waals surface area contributed by atoms with Gasteiger partial charge in [-0.05, 0) is 85.4 Å². The number of carboxylic acid groups (broad SMARTS) is 1. The molecule has 2 heteroatoms. The molecule has 0 aromatic carbocycles. The van der Waals surface area contributed by atoms with E-state index >= 15 is 0 Å². The Balaban J connectivity index is 1.54. The molecule has 0 aromatic rings. The lowest BCUT2D eigenvalue weighted by Gasteiger charge is -2.53. The molecule has 22 heavy (non-hydrogen) atoms. The summed E-state index contributed by atoms with van der Waals surface area (Å²) >= 11 is 0. The maximum absolute atomic E-state index is 11.6. The molecule has 0 aliphatic heterocycles. The first-order valence-electron chi connectivity index (χ1n) is 9.52. The number of hydrogen-bond acceptors (Lipinski definition) is 1. The first-order valence-corrected chi connectivity index (χ1v) is 9.52. The van der Waals surface area contributed by atoms with Gasteiger partial charge in [-0.15, -0.1) is 0 Å². The van der Waals surface area contributed by atoms with Gasteiger partial charge in [0.2, 0.25) is 0 Å². The van der Waals surface area contributed by atoms with E-state index in [1.165, 1.54) is 38.5 Å². The summed E-state index contributed by atoms with van der Waals surface area (Å²) < 4.78 is 0. The van der Waals surface area contributed by atoms with Gasteiger partial charge >= 0.3 is 5.97 Å². The summed E-state index contributed by atoms with van der Waals surface area (Å²) in [6.45, 7) is 2.40. The maximum atomic E-state index is 11.6. The molecule has 0 aromatic heterocycles. The van der Waals surface area contributed by atoms with Crippen LogP contribution in [0.15, 0.2) is 12.2 Å². The number of carbonyl (C=O) groups is 1. The molecule has 4 bridgehead atoms. The number of carboxylic acids is 1. The van der Waals surface area contributed by atoms with Gasteiger partial charge < -0.3 is 5.11 Å².